The Labute approximate surface area is 105 Å². The zero-order valence-electron chi connectivity index (χ0n) is 8.36. The standard InChI is InChI=1S/C12H13BrOSe/c13-6-10-7-14-8-11(10)9-15-12-4-2-1-3-5-12/h1-6,11H,7-9H2/b10-6+. The molecule has 2 rings (SSSR count). The number of halogens is 1. The Kier molecular flexibility index (Phi) is 4.45. The molecule has 80 valence electrons. The van der Waals surface area contributed by atoms with Gasteiger partial charge in [-0.1, -0.05) is 0 Å². The molecule has 0 aliphatic carbocycles. The van der Waals surface area contributed by atoms with Gasteiger partial charge in [-0.2, -0.15) is 0 Å². The van der Waals surface area contributed by atoms with E-state index in [1.807, 2.05) is 4.99 Å². The van der Waals surface area contributed by atoms with Crippen LogP contribution >= 0.6 is 15.9 Å². The fourth-order valence-corrected chi connectivity index (χ4v) is 4.25. The normalized spacial score (nSPS) is 23.5. The van der Waals surface area contributed by atoms with Gasteiger partial charge < -0.3 is 0 Å². The summed E-state index contributed by atoms with van der Waals surface area (Å²) in [7, 11) is 0. The van der Waals surface area contributed by atoms with E-state index in [9.17, 15) is 0 Å². The zero-order valence-corrected chi connectivity index (χ0v) is 11.7. The molecule has 1 aromatic carbocycles. The van der Waals surface area contributed by atoms with Gasteiger partial charge in [0.25, 0.3) is 0 Å². The van der Waals surface area contributed by atoms with Crippen LogP contribution in [0.2, 0.25) is 5.32 Å². The minimum atomic E-state index is 0.570. The third-order valence-electron chi connectivity index (χ3n) is 2.45. The first-order valence-electron chi connectivity index (χ1n) is 4.95. The van der Waals surface area contributed by atoms with Crippen LogP contribution in [0, 0.1) is 5.92 Å². The summed E-state index contributed by atoms with van der Waals surface area (Å²) >= 11 is 3.98. The van der Waals surface area contributed by atoms with Crippen molar-refractivity contribution in [3.8, 4) is 0 Å². The van der Waals surface area contributed by atoms with Crippen molar-refractivity contribution in [3.63, 3.8) is 0 Å². The molecule has 0 bridgehead atoms. The van der Waals surface area contributed by atoms with Crippen LogP contribution in [-0.2, 0) is 4.74 Å². The van der Waals surface area contributed by atoms with Crippen LogP contribution in [0.4, 0.5) is 0 Å². The van der Waals surface area contributed by atoms with Crippen LogP contribution in [0.3, 0.4) is 0 Å². The predicted molar refractivity (Wildman–Crippen MR) is 68.0 cm³/mol. The minimum absolute atomic E-state index is 0.570. The molecule has 15 heavy (non-hydrogen) atoms. The van der Waals surface area contributed by atoms with Gasteiger partial charge in [-0.25, -0.2) is 0 Å². The molecule has 1 atom stereocenters. The van der Waals surface area contributed by atoms with E-state index < -0.39 is 0 Å². The quantitative estimate of drug-likeness (QED) is 0.773. The van der Waals surface area contributed by atoms with Crippen molar-refractivity contribution in [1.29, 1.82) is 0 Å². The molecule has 0 spiro atoms. The fraction of sp³-hybridized carbons (Fsp3) is 0.333. The van der Waals surface area contributed by atoms with Crippen LogP contribution in [0.1, 0.15) is 0 Å². The average Bonchev–Trinajstić information content (AvgIpc) is 2.75. The van der Waals surface area contributed by atoms with Crippen molar-refractivity contribution in [2.45, 2.75) is 5.32 Å². The molecule has 3 heteroatoms. The van der Waals surface area contributed by atoms with Crippen molar-refractivity contribution in [3.05, 3.63) is 40.9 Å². The second kappa shape index (κ2) is 5.86. The molecular formula is C12H13BrOSe. The predicted octanol–water partition coefficient (Wildman–Crippen LogP) is 2.36. The molecular weight excluding hydrogens is 319 g/mol. The molecule has 0 N–H and O–H groups in total. The van der Waals surface area contributed by atoms with Crippen molar-refractivity contribution in [2.24, 2.45) is 5.92 Å². The van der Waals surface area contributed by atoms with Gasteiger partial charge >= 0.3 is 105 Å². The number of benzene rings is 1. The maximum absolute atomic E-state index is 5.46. The van der Waals surface area contributed by atoms with E-state index in [1.54, 1.807) is 0 Å². The molecule has 0 saturated carbocycles. The van der Waals surface area contributed by atoms with Crippen molar-refractivity contribution >= 4 is 35.3 Å². The van der Waals surface area contributed by atoms with Crippen LogP contribution in [0.25, 0.3) is 0 Å². The van der Waals surface area contributed by atoms with Gasteiger partial charge in [0, 0.05) is 0 Å². The van der Waals surface area contributed by atoms with Gasteiger partial charge in [0.05, 0.1) is 0 Å². The second-order valence-electron chi connectivity index (χ2n) is 3.52. The Morgan fingerprint density at radius 1 is 1.40 bits per heavy atom. The summed E-state index contributed by atoms with van der Waals surface area (Å²) in [6.07, 6.45) is 0. The number of rotatable bonds is 3. The summed E-state index contributed by atoms with van der Waals surface area (Å²) in [5.41, 5.74) is 1.41. The summed E-state index contributed by atoms with van der Waals surface area (Å²) in [5, 5.41) is 1.24. The van der Waals surface area contributed by atoms with E-state index in [2.05, 4.69) is 46.3 Å². The molecule has 1 aliphatic rings. The average molecular weight is 332 g/mol. The third-order valence-corrected chi connectivity index (χ3v) is 5.50. The van der Waals surface area contributed by atoms with Crippen LogP contribution in [-0.4, -0.2) is 28.2 Å². The van der Waals surface area contributed by atoms with Crippen molar-refractivity contribution < 1.29 is 4.74 Å². The first-order valence-corrected chi connectivity index (χ1v) is 7.93. The third kappa shape index (κ3) is 3.18. The van der Waals surface area contributed by atoms with Gasteiger partial charge in [0.1, 0.15) is 0 Å². The van der Waals surface area contributed by atoms with E-state index in [0.29, 0.717) is 20.9 Å². The van der Waals surface area contributed by atoms with Gasteiger partial charge in [0.2, 0.25) is 0 Å². The van der Waals surface area contributed by atoms with Gasteiger partial charge in [0.15, 0.2) is 0 Å². The monoisotopic (exact) mass is 332 g/mol. The Hall–Kier alpha value is -0.0805. The first-order chi connectivity index (χ1) is 7.40. The van der Waals surface area contributed by atoms with Gasteiger partial charge in [-0.3, -0.25) is 0 Å². The van der Waals surface area contributed by atoms with Crippen molar-refractivity contribution in [1.82, 2.24) is 0 Å². The van der Waals surface area contributed by atoms with Crippen LogP contribution in [0.5, 0.6) is 0 Å². The Morgan fingerprint density at radius 2 is 2.20 bits per heavy atom. The Bertz CT molecular complexity index is 337. The van der Waals surface area contributed by atoms with E-state index in [1.165, 1.54) is 15.4 Å². The molecule has 0 aromatic heterocycles. The zero-order chi connectivity index (χ0) is 10.5. The number of ether oxygens (including phenoxy) is 1. The fourth-order valence-electron chi connectivity index (χ4n) is 1.53. The van der Waals surface area contributed by atoms with E-state index in [0.717, 1.165) is 13.2 Å². The van der Waals surface area contributed by atoms with E-state index in [4.69, 9.17) is 4.74 Å². The molecule has 1 unspecified atom stereocenters. The maximum atomic E-state index is 5.46. The first kappa shape index (κ1) is 11.4. The van der Waals surface area contributed by atoms with Crippen LogP contribution in [0.15, 0.2) is 40.9 Å². The van der Waals surface area contributed by atoms with Crippen molar-refractivity contribution in [2.75, 3.05) is 13.2 Å². The summed E-state index contributed by atoms with van der Waals surface area (Å²) < 4.78 is 6.94. The summed E-state index contributed by atoms with van der Waals surface area (Å²) in [4.78, 5) is 2.03. The Morgan fingerprint density at radius 3 is 2.93 bits per heavy atom. The second-order valence-corrected chi connectivity index (χ2v) is 6.27. The van der Waals surface area contributed by atoms with Gasteiger partial charge in [-0.15, -0.1) is 0 Å². The van der Waals surface area contributed by atoms with E-state index in [-0.39, 0.29) is 0 Å². The topological polar surface area (TPSA) is 9.23 Å². The molecule has 1 nitrogen and oxygen atoms in total. The molecule has 0 radical (unpaired) electrons. The number of hydrogen-bond acceptors (Lipinski definition) is 1. The Balaban J connectivity index is 1.88. The SMILES string of the molecule is Br/C=C1\COCC1C[Se]c1ccccc1. The van der Waals surface area contributed by atoms with Gasteiger partial charge in [-0.05, 0) is 0 Å². The van der Waals surface area contributed by atoms with Crippen LogP contribution < -0.4 is 4.46 Å². The summed E-state index contributed by atoms with van der Waals surface area (Å²) in [5.74, 6) is 0.629. The molecule has 1 fully saturated rings. The number of hydrogen-bond donors (Lipinski definition) is 0. The molecule has 1 aromatic rings. The molecule has 1 heterocycles. The molecule has 0 amide bonds. The summed E-state index contributed by atoms with van der Waals surface area (Å²) in [6.45, 7) is 1.70. The van der Waals surface area contributed by atoms with E-state index >= 15 is 0 Å². The molecule has 1 aliphatic heterocycles. The summed E-state index contributed by atoms with van der Waals surface area (Å²) in [6, 6.07) is 10.7. The molecule has 1 saturated heterocycles.